The van der Waals surface area contributed by atoms with Gasteiger partial charge in [0.15, 0.2) is 0 Å². The fourth-order valence-electron chi connectivity index (χ4n) is 3.69. The Kier molecular flexibility index (Phi) is 5.33. The van der Waals surface area contributed by atoms with E-state index in [9.17, 15) is 14.4 Å². The molecule has 136 valence electrons. The zero-order valence-corrected chi connectivity index (χ0v) is 15.5. The third-order valence-electron chi connectivity index (χ3n) is 4.97. The number of halogens is 2. The van der Waals surface area contributed by atoms with Crippen molar-refractivity contribution >= 4 is 17.6 Å². The monoisotopic (exact) mass is 374 g/mol. The number of allylic oxidation sites excluding steroid dienone is 3. The zero-order valence-electron chi connectivity index (χ0n) is 14.7. The Labute approximate surface area is 157 Å². The number of carbonyl (C=O) groups excluding carboxylic acids is 1. The van der Waals surface area contributed by atoms with E-state index in [0.717, 1.165) is 25.7 Å². The van der Waals surface area contributed by atoms with Gasteiger partial charge in [0, 0.05) is 17.0 Å². The third-order valence-corrected chi connectivity index (χ3v) is 5.26. The second-order valence-electron chi connectivity index (χ2n) is 6.70. The molecule has 6 heteroatoms. The van der Waals surface area contributed by atoms with Gasteiger partial charge >= 0.3 is 5.97 Å². The molecule has 0 amide bonds. The molecule has 26 heavy (non-hydrogen) atoms. The molecule has 1 aliphatic heterocycles. The Morgan fingerprint density at radius 3 is 2.65 bits per heavy atom. The van der Waals surface area contributed by atoms with E-state index < -0.39 is 17.7 Å². The first-order valence-corrected chi connectivity index (χ1v) is 9.05. The van der Waals surface area contributed by atoms with Crippen LogP contribution in [-0.2, 0) is 9.53 Å². The van der Waals surface area contributed by atoms with Crippen molar-refractivity contribution in [2.75, 3.05) is 0 Å². The topological polar surface area (TPSA) is 62.1 Å². The van der Waals surface area contributed by atoms with E-state index in [1.807, 2.05) is 0 Å². The molecule has 1 N–H and O–H groups in total. The number of esters is 1. The first-order chi connectivity index (χ1) is 12.4. The minimum absolute atomic E-state index is 0.0443. The number of rotatable bonds is 3. The first-order valence-electron chi connectivity index (χ1n) is 8.67. The summed E-state index contributed by atoms with van der Waals surface area (Å²) in [5, 5.41) is 12.7. The van der Waals surface area contributed by atoms with Crippen LogP contribution in [0.15, 0.2) is 40.7 Å². The maximum atomic E-state index is 14.7. The van der Waals surface area contributed by atoms with Gasteiger partial charge in [-0.05, 0) is 45.6 Å². The highest BCUT2D eigenvalue weighted by Crippen LogP contribution is 2.41. The van der Waals surface area contributed by atoms with Crippen molar-refractivity contribution in [3.05, 3.63) is 57.1 Å². The highest BCUT2D eigenvalue weighted by molar-refractivity contribution is 6.30. The standard InChI is InChI=1S/C20H20ClFN2O2/c1-11-15(10-23)18(14-8-5-9-16(21)19(14)22)17(12(2)24-11)20(25)26-13-6-3-4-7-13/h5,8-9,13,18,24H,3-4,6-7H2,1-2H3. The number of hydrogen-bond acceptors (Lipinski definition) is 4. The van der Waals surface area contributed by atoms with Crippen molar-refractivity contribution < 1.29 is 13.9 Å². The number of nitriles is 1. The van der Waals surface area contributed by atoms with Crippen LogP contribution >= 0.6 is 11.6 Å². The van der Waals surface area contributed by atoms with Crippen LogP contribution in [0.25, 0.3) is 0 Å². The van der Waals surface area contributed by atoms with Crippen molar-refractivity contribution in [3.8, 4) is 6.07 Å². The summed E-state index contributed by atoms with van der Waals surface area (Å²) in [6.45, 7) is 3.47. The number of carbonyl (C=O) groups is 1. The Morgan fingerprint density at radius 1 is 1.31 bits per heavy atom. The number of ether oxygens (including phenoxy) is 1. The van der Waals surface area contributed by atoms with Gasteiger partial charge in [0.05, 0.1) is 28.2 Å². The molecule has 1 atom stereocenters. The minimum atomic E-state index is -0.839. The Bertz CT molecular complexity index is 848. The van der Waals surface area contributed by atoms with E-state index >= 15 is 0 Å². The molecule has 1 aromatic rings. The van der Waals surface area contributed by atoms with Gasteiger partial charge in [-0.15, -0.1) is 0 Å². The van der Waals surface area contributed by atoms with Crippen molar-refractivity contribution in [2.45, 2.75) is 51.6 Å². The number of nitrogens with one attached hydrogen (secondary N) is 1. The van der Waals surface area contributed by atoms with E-state index in [1.165, 1.54) is 6.07 Å². The van der Waals surface area contributed by atoms with Gasteiger partial charge in [0.2, 0.25) is 0 Å². The quantitative estimate of drug-likeness (QED) is 0.777. The predicted molar refractivity (Wildman–Crippen MR) is 96.6 cm³/mol. The number of hydrogen-bond donors (Lipinski definition) is 1. The van der Waals surface area contributed by atoms with Gasteiger partial charge in [0.1, 0.15) is 11.9 Å². The SMILES string of the molecule is CC1=C(C#N)C(c2cccc(Cl)c2F)C(C(=O)OC2CCCC2)=C(C)N1. The maximum absolute atomic E-state index is 14.7. The van der Waals surface area contributed by atoms with Crippen molar-refractivity contribution in [3.63, 3.8) is 0 Å². The van der Waals surface area contributed by atoms with Crippen LogP contribution in [0.2, 0.25) is 5.02 Å². The molecule has 1 heterocycles. The highest BCUT2D eigenvalue weighted by atomic mass is 35.5. The van der Waals surface area contributed by atoms with E-state index in [1.54, 1.807) is 26.0 Å². The number of dihydropyridines is 1. The van der Waals surface area contributed by atoms with Crippen LogP contribution in [0, 0.1) is 17.1 Å². The molecule has 1 unspecified atom stereocenters. The molecule has 2 aliphatic rings. The lowest BCUT2D eigenvalue weighted by Gasteiger charge is -2.29. The predicted octanol–water partition coefficient (Wildman–Crippen LogP) is 4.72. The van der Waals surface area contributed by atoms with Crippen LogP contribution in [0.3, 0.4) is 0 Å². The molecule has 0 radical (unpaired) electrons. The molecule has 1 fully saturated rings. The lowest BCUT2D eigenvalue weighted by Crippen LogP contribution is -2.30. The molecule has 0 saturated heterocycles. The lowest BCUT2D eigenvalue weighted by atomic mass is 9.80. The van der Waals surface area contributed by atoms with Crippen LogP contribution in [0.5, 0.6) is 0 Å². The molecule has 0 aromatic heterocycles. The fourth-order valence-corrected chi connectivity index (χ4v) is 3.87. The molecular formula is C20H20ClFN2O2. The molecule has 0 spiro atoms. The second kappa shape index (κ2) is 7.51. The molecule has 1 saturated carbocycles. The molecule has 4 nitrogen and oxygen atoms in total. The average Bonchev–Trinajstić information content (AvgIpc) is 3.09. The van der Waals surface area contributed by atoms with Gasteiger partial charge in [0.25, 0.3) is 0 Å². The van der Waals surface area contributed by atoms with Crippen molar-refractivity contribution in [1.82, 2.24) is 5.32 Å². The molecule has 1 aliphatic carbocycles. The van der Waals surface area contributed by atoms with E-state index in [2.05, 4.69) is 11.4 Å². The van der Waals surface area contributed by atoms with Crippen molar-refractivity contribution in [1.29, 1.82) is 5.26 Å². The lowest BCUT2D eigenvalue weighted by molar-refractivity contribution is -0.144. The summed E-state index contributed by atoms with van der Waals surface area (Å²) in [6.07, 6.45) is 3.61. The maximum Gasteiger partial charge on any atom is 0.337 e. The van der Waals surface area contributed by atoms with Crippen LogP contribution < -0.4 is 5.32 Å². The summed E-state index contributed by atoms with van der Waals surface area (Å²) in [6, 6.07) is 6.72. The van der Waals surface area contributed by atoms with Crippen LogP contribution in [0.1, 0.15) is 51.0 Å². The Morgan fingerprint density at radius 2 is 2.00 bits per heavy atom. The van der Waals surface area contributed by atoms with E-state index in [-0.39, 0.29) is 27.8 Å². The van der Waals surface area contributed by atoms with Gasteiger partial charge in [-0.25, -0.2) is 9.18 Å². The highest BCUT2D eigenvalue weighted by Gasteiger charge is 2.37. The minimum Gasteiger partial charge on any atom is -0.459 e. The van der Waals surface area contributed by atoms with Crippen LogP contribution in [-0.4, -0.2) is 12.1 Å². The zero-order chi connectivity index (χ0) is 18.8. The summed E-state index contributed by atoms with van der Waals surface area (Å²) in [7, 11) is 0. The molecule has 3 rings (SSSR count). The van der Waals surface area contributed by atoms with Gasteiger partial charge < -0.3 is 10.1 Å². The Balaban J connectivity index is 2.07. The van der Waals surface area contributed by atoms with Crippen LogP contribution in [0.4, 0.5) is 4.39 Å². The summed E-state index contributed by atoms with van der Waals surface area (Å²) < 4.78 is 20.4. The van der Waals surface area contributed by atoms with Crippen molar-refractivity contribution in [2.24, 2.45) is 0 Å². The van der Waals surface area contributed by atoms with Gasteiger partial charge in [-0.2, -0.15) is 5.26 Å². The normalized spacial score (nSPS) is 20.8. The molecular weight excluding hydrogens is 355 g/mol. The smallest absolute Gasteiger partial charge is 0.337 e. The summed E-state index contributed by atoms with van der Waals surface area (Å²) >= 11 is 5.94. The fraction of sp³-hybridized carbons (Fsp3) is 0.400. The summed E-state index contributed by atoms with van der Waals surface area (Å²) in [5.41, 5.74) is 1.91. The first kappa shape index (κ1) is 18.5. The van der Waals surface area contributed by atoms with Gasteiger partial charge in [-0.1, -0.05) is 23.7 Å². The number of nitrogens with zero attached hydrogens (tertiary/aromatic N) is 1. The van der Waals surface area contributed by atoms with Gasteiger partial charge in [-0.3, -0.25) is 0 Å². The van der Waals surface area contributed by atoms with E-state index in [0.29, 0.717) is 11.4 Å². The third kappa shape index (κ3) is 3.34. The molecule has 1 aromatic carbocycles. The average molecular weight is 375 g/mol. The molecule has 0 bridgehead atoms. The summed E-state index contributed by atoms with van der Waals surface area (Å²) in [4.78, 5) is 12.9. The summed E-state index contributed by atoms with van der Waals surface area (Å²) in [5.74, 6) is -1.97. The van der Waals surface area contributed by atoms with E-state index in [4.69, 9.17) is 16.3 Å². The number of benzene rings is 1. The Hall–Kier alpha value is -2.32. The second-order valence-corrected chi connectivity index (χ2v) is 7.11. The largest absolute Gasteiger partial charge is 0.459 e.